The van der Waals surface area contributed by atoms with Crippen LogP contribution in [0.1, 0.15) is 64.7 Å². The quantitative estimate of drug-likeness (QED) is 0.474. The van der Waals surface area contributed by atoms with Gasteiger partial charge in [0.05, 0.1) is 18.7 Å². The van der Waals surface area contributed by atoms with Crippen molar-refractivity contribution in [3.8, 4) is 5.75 Å². The average molecular weight is 485 g/mol. The van der Waals surface area contributed by atoms with Crippen LogP contribution in [-0.2, 0) is 16.1 Å². The number of hydrogen-bond acceptors (Lipinski definition) is 6. The molecule has 1 unspecified atom stereocenters. The molecule has 1 fully saturated rings. The zero-order chi connectivity index (χ0) is 24.8. The summed E-state index contributed by atoms with van der Waals surface area (Å²) in [6, 6.07) is 5.36. The first-order valence-electron chi connectivity index (χ1n) is 12.9. The van der Waals surface area contributed by atoms with Crippen LogP contribution in [0.4, 0.5) is 5.95 Å². The zero-order valence-electron chi connectivity index (χ0n) is 20.5. The van der Waals surface area contributed by atoms with E-state index in [1.807, 2.05) is 4.90 Å². The highest BCUT2D eigenvalue weighted by molar-refractivity contribution is 5.95. The summed E-state index contributed by atoms with van der Waals surface area (Å²) in [7, 11) is 0. The van der Waals surface area contributed by atoms with Gasteiger partial charge in [-0.1, -0.05) is 38.7 Å². The van der Waals surface area contributed by atoms with Crippen molar-refractivity contribution in [2.45, 2.75) is 77.3 Å². The number of benzene rings is 1. The standard InChI is InChI=1S/C26H36N4O5/c1-2-8-20(18-9-4-3-5-10-18)29(14-15-31)23(33)13-7-16-35-21-12-6-11-19-24(21)25(34)30-17-22(32)28-26(30)27-19/h6,11-12,18,20,31H,2-5,7-10,13-17H2,1H3,(H,27,28,32). The highest BCUT2D eigenvalue weighted by Gasteiger charge is 2.30. The van der Waals surface area contributed by atoms with E-state index in [0.717, 1.165) is 25.7 Å². The molecule has 1 aliphatic carbocycles. The Kier molecular flexibility index (Phi) is 8.38. The molecule has 2 aromatic rings. The van der Waals surface area contributed by atoms with Crippen LogP contribution in [0.2, 0.25) is 0 Å². The Hall–Kier alpha value is -2.94. The number of fused-ring (bicyclic) bond motifs is 2. The van der Waals surface area contributed by atoms with E-state index < -0.39 is 0 Å². The number of rotatable bonds is 11. The molecule has 0 radical (unpaired) electrons. The lowest BCUT2D eigenvalue weighted by molar-refractivity contribution is -0.136. The second-order valence-corrected chi connectivity index (χ2v) is 9.54. The van der Waals surface area contributed by atoms with Crippen LogP contribution in [0.3, 0.4) is 0 Å². The number of ether oxygens (including phenoxy) is 1. The number of anilines is 1. The topological polar surface area (TPSA) is 114 Å². The molecule has 0 bridgehead atoms. The molecule has 0 saturated heterocycles. The molecule has 2 N–H and O–H groups in total. The molecule has 0 spiro atoms. The molecule has 4 rings (SSSR count). The van der Waals surface area contributed by atoms with Gasteiger partial charge in [0.1, 0.15) is 17.7 Å². The first-order valence-corrected chi connectivity index (χ1v) is 12.9. The first kappa shape index (κ1) is 25.2. The van der Waals surface area contributed by atoms with Crippen LogP contribution in [0.25, 0.3) is 10.9 Å². The molecule has 1 aromatic carbocycles. The monoisotopic (exact) mass is 484 g/mol. The van der Waals surface area contributed by atoms with Gasteiger partial charge in [0, 0.05) is 19.0 Å². The number of carbonyl (C=O) groups excluding carboxylic acids is 2. The minimum Gasteiger partial charge on any atom is -0.493 e. The lowest BCUT2D eigenvalue weighted by Crippen LogP contribution is -2.46. The molecule has 1 aliphatic heterocycles. The Morgan fingerprint density at radius 1 is 1.29 bits per heavy atom. The fraction of sp³-hybridized carbons (Fsp3) is 0.615. The third-order valence-corrected chi connectivity index (χ3v) is 7.13. The predicted molar refractivity (Wildman–Crippen MR) is 133 cm³/mol. The number of carbonyl (C=O) groups is 2. The van der Waals surface area contributed by atoms with Crippen molar-refractivity contribution in [1.82, 2.24) is 14.5 Å². The molecule has 2 amide bonds. The van der Waals surface area contributed by atoms with Gasteiger partial charge in [-0.05, 0) is 43.7 Å². The summed E-state index contributed by atoms with van der Waals surface area (Å²) in [5, 5.41) is 12.6. The summed E-state index contributed by atoms with van der Waals surface area (Å²) in [5.74, 6) is 0.940. The molecule has 9 nitrogen and oxygen atoms in total. The Bertz CT molecular complexity index is 1110. The summed E-state index contributed by atoms with van der Waals surface area (Å²) in [6.45, 7) is 2.70. The van der Waals surface area contributed by atoms with E-state index in [-0.39, 0.29) is 49.1 Å². The Morgan fingerprint density at radius 3 is 2.83 bits per heavy atom. The van der Waals surface area contributed by atoms with E-state index in [0.29, 0.717) is 42.0 Å². The number of nitrogens with zero attached hydrogens (tertiary/aromatic N) is 3. The normalized spacial score (nSPS) is 16.7. The molecular formula is C26H36N4O5. The van der Waals surface area contributed by atoms with Gasteiger partial charge in [-0.2, -0.15) is 0 Å². The lowest BCUT2D eigenvalue weighted by atomic mass is 9.81. The second kappa shape index (κ2) is 11.7. The summed E-state index contributed by atoms with van der Waals surface area (Å²) in [5.41, 5.74) is 0.139. The van der Waals surface area contributed by atoms with E-state index in [2.05, 4.69) is 17.2 Å². The third kappa shape index (κ3) is 5.66. The number of aromatic nitrogens is 2. The van der Waals surface area contributed by atoms with Crippen molar-refractivity contribution in [1.29, 1.82) is 0 Å². The van der Waals surface area contributed by atoms with Crippen molar-refractivity contribution >= 4 is 28.7 Å². The van der Waals surface area contributed by atoms with Crippen LogP contribution in [0.5, 0.6) is 5.75 Å². The Morgan fingerprint density at radius 2 is 2.09 bits per heavy atom. The zero-order valence-corrected chi connectivity index (χ0v) is 20.5. The number of nitrogens with one attached hydrogen (secondary N) is 1. The molecule has 1 atom stereocenters. The van der Waals surface area contributed by atoms with Crippen LogP contribution >= 0.6 is 0 Å². The third-order valence-electron chi connectivity index (χ3n) is 7.13. The van der Waals surface area contributed by atoms with Gasteiger partial charge in [-0.3, -0.25) is 24.3 Å². The van der Waals surface area contributed by atoms with E-state index in [4.69, 9.17) is 4.74 Å². The maximum atomic E-state index is 13.2. The fourth-order valence-corrected chi connectivity index (χ4v) is 5.50. The number of amides is 2. The van der Waals surface area contributed by atoms with Crippen molar-refractivity contribution in [3.63, 3.8) is 0 Å². The fourth-order valence-electron chi connectivity index (χ4n) is 5.50. The van der Waals surface area contributed by atoms with Crippen molar-refractivity contribution in [3.05, 3.63) is 28.6 Å². The summed E-state index contributed by atoms with van der Waals surface area (Å²) >= 11 is 0. The Labute approximate surface area is 205 Å². The van der Waals surface area contributed by atoms with Gasteiger partial charge in [0.25, 0.3) is 5.56 Å². The molecule has 2 aliphatic rings. The maximum absolute atomic E-state index is 13.2. The maximum Gasteiger partial charge on any atom is 0.267 e. The molecule has 2 heterocycles. The minimum absolute atomic E-state index is 0.0379. The predicted octanol–water partition coefficient (Wildman–Crippen LogP) is 3.08. The van der Waals surface area contributed by atoms with Crippen molar-refractivity contribution in [2.75, 3.05) is 25.1 Å². The largest absolute Gasteiger partial charge is 0.493 e. The molecule has 9 heteroatoms. The highest BCUT2D eigenvalue weighted by Crippen LogP contribution is 2.32. The second-order valence-electron chi connectivity index (χ2n) is 9.54. The number of aliphatic hydroxyl groups is 1. The Balaban J connectivity index is 1.40. The van der Waals surface area contributed by atoms with Gasteiger partial charge >= 0.3 is 0 Å². The number of hydrogen-bond donors (Lipinski definition) is 2. The SMILES string of the molecule is CCCC(C1CCCCC1)N(CCO)C(=O)CCCOc1cccc2nc3n(c(=O)c12)CC(=O)N3. The van der Waals surface area contributed by atoms with Crippen LogP contribution in [0, 0.1) is 5.92 Å². The summed E-state index contributed by atoms with van der Waals surface area (Å²) in [6.07, 6.45) is 8.79. The van der Waals surface area contributed by atoms with E-state index in [1.165, 1.54) is 23.8 Å². The van der Waals surface area contributed by atoms with Gasteiger partial charge in [0.15, 0.2) is 0 Å². The molecule has 1 saturated carbocycles. The lowest BCUT2D eigenvalue weighted by Gasteiger charge is -2.39. The van der Waals surface area contributed by atoms with Crippen LogP contribution in [0.15, 0.2) is 23.0 Å². The summed E-state index contributed by atoms with van der Waals surface area (Å²) < 4.78 is 7.23. The molecular weight excluding hydrogens is 448 g/mol. The van der Waals surface area contributed by atoms with Crippen molar-refractivity contribution in [2.24, 2.45) is 5.92 Å². The van der Waals surface area contributed by atoms with E-state index >= 15 is 0 Å². The van der Waals surface area contributed by atoms with Crippen LogP contribution in [-0.4, -0.2) is 57.2 Å². The van der Waals surface area contributed by atoms with E-state index in [9.17, 15) is 19.5 Å². The van der Waals surface area contributed by atoms with Gasteiger partial charge < -0.3 is 14.7 Å². The molecule has 35 heavy (non-hydrogen) atoms. The van der Waals surface area contributed by atoms with Gasteiger partial charge in [-0.15, -0.1) is 0 Å². The molecule has 190 valence electrons. The average Bonchev–Trinajstić information content (AvgIpc) is 3.25. The van der Waals surface area contributed by atoms with Crippen LogP contribution < -0.4 is 15.6 Å². The molecule has 1 aromatic heterocycles. The van der Waals surface area contributed by atoms with Crippen molar-refractivity contribution < 1.29 is 19.4 Å². The first-order chi connectivity index (χ1) is 17.0. The van der Waals surface area contributed by atoms with Gasteiger partial charge in [0.2, 0.25) is 17.8 Å². The smallest absolute Gasteiger partial charge is 0.267 e. The minimum atomic E-state index is -0.320. The van der Waals surface area contributed by atoms with E-state index in [1.54, 1.807) is 18.2 Å². The highest BCUT2D eigenvalue weighted by atomic mass is 16.5. The summed E-state index contributed by atoms with van der Waals surface area (Å²) in [4.78, 5) is 44.1. The number of aliphatic hydroxyl groups excluding tert-OH is 1. The van der Waals surface area contributed by atoms with Gasteiger partial charge in [-0.25, -0.2) is 4.98 Å².